The van der Waals surface area contributed by atoms with Crippen LogP contribution in [-0.4, -0.2) is 29.2 Å². The molecule has 0 aromatic carbocycles. The number of carbonyl (C=O) groups excluding carboxylic acids is 1. The third-order valence-electron chi connectivity index (χ3n) is 2.60. The van der Waals surface area contributed by atoms with Gasteiger partial charge in [-0.1, -0.05) is 12.8 Å². The maximum Gasteiger partial charge on any atom is 0.240 e. The molecule has 76 valence electrons. The SMILES string of the molecule is C[C@H](CO)NC(=O)C1(N)CCCC1. The predicted molar refractivity (Wildman–Crippen MR) is 50.1 cm³/mol. The molecular weight excluding hydrogens is 168 g/mol. The van der Waals surface area contributed by atoms with Crippen LogP contribution in [-0.2, 0) is 4.79 Å². The van der Waals surface area contributed by atoms with Gasteiger partial charge in [-0.2, -0.15) is 0 Å². The molecule has 1 atom stereocenters. The Morgan fingerprint density at radius 2 is 2.15 bits per heavy atom. The van der Waals surface area contributed by atoms with E-state index in [2.05, 4.69) is 5.32 Å². The van der Waals surface area contributed by atoms with Crippen molar-refractivity contribution in [1.29, 1.82) is 0 Å². The first kappa shape index (κ1) is 10.5. The van der Waals surface area contributed by atoms with Crippen molar-refractivity contribution in [2.45, 2.75) is 44.2 Å². The van der Waals surface area contributed by atoms with Crippen molar-refractivity contribution in [2.24, 2.45) is 5.73 Å². The molecule has 4 N–H and O–H groups in total. The fraction of sp³-hybridized carbons (Fsp3) is 0.889. The highest BCUT2D eigenvalue weighted by Gasteiger charge is 2.37. The van der Waals surface area contributed by atoms with E-state index in [4.69, 9.17) is 10.8 Å². The van der Waals surface area contributed by atoms with Gasteiger partial charge < -0.3 is 16.2 Å². The number of carbonyl (C=O) groups is 1. The number of hydrogen-bond acceptors (Lipinski definition) is 3. The summed E-state index contributed by atoms with van der Waals surface area (Å²) in [5, 5.41) is 11.5. The molecule has 1 aliphatic carbocycles. The summed E-state index contributed by atoms with van der Waals surface area (Å²) in [7, 11) is 0. The molecule has 0 aromatic heterocycles. The van der Waals surface area contributed by atoms with E-state index >= 15 is 0 Å². The molecule has 1 rings (SSSR count). The molecule has 4 nitrogen and oxygen atoms in total. The van der Waals surface area contributed by atoms with E-state index in [0.717, 1.165) is 25.7 Å². The van der Waals surface area contributed by atoms with E-state index in [-0.39, 0.29) is 18.6 Å². The second-order valence-electron chi connectivity index (χ2n) is 3.92. The van der Waals surface area contributed by atoms with Gasteiger partial charge in [0.15, 0.2) is 0 Å². The molecule has 1 aliphatic rings. The van der Waals surface area contributed by atoms with Gasteiger partial charge in [0.05, 0.1) is 12.1 Å². The average molecular weight is 186 g/mol. The van der Waals surface area contributed by atoms with E-state index in [1.807, 2.05) is 0 Å². The van der Waals surface area contributed by atoms with Gasteiger partial charge in [-0.05, 0) is 19.8 Å². The van der Waals surface area contributed by atoms with Crippen LogP contribution in [0.1, 0.15) is 32.6 Å². The third kappa shape index (κ3) is 2.42. The van der Waals surface area contributed by atoms with E-state index in [0.29, 0.717) is 0 Å². The maximum atomic E-state index is 11.6. The van der Waals surface area contributed by atoms with Gasteiger partial charge in [0.25, 0.3) is 0 Å². The van der Waals surface area contributed by atoms with Crippen LogP contribution in [0.15, 0.2) is 0 Å². The van der Waals surface area contributed by atoms with Gasteiger partial charge >= 0.3 is 0 Å². The minimum Gasteiger partial charge on any atom is -0.394 e. The van der Waals surface area contributed by atoms with Crippen LogP contribution in [0.25, 0.3) is 0 Å². The summed E-state index contributed by atoms with van der Waals surface area (Å²) in [6, 6.07) is -0.200. The first-order valence-corrected chi connectivity index (χ1v) is 4.79. The normalized spacial score (nSPS) is 22.7. The molecule has 0 radical (unpaired) electrons. The van der Waals surface area contributed by atoms with Crippen molar-refractivity contribution >= 4 is 5.91 Å². The van der Waals surface area contributed by atoms with Gasteiger partial charge in [0, 0.05) is 6.04 Å². The number of aliphatic hydroxyl groups excluding tert-OH is 1. The average Bonchev–Trinajstić information content (AvgIpc) is 2.53. The largest absolute Gasteiger partial charge is 0.394 e. The Bertz CT molecular complexity index is 188. The summed E-state index contributed by atoms with van der Waals surface area (Å²) in [5.74, 6) is -0.119. The van der Waals surface area contributed by atoms with Crippen LogP contribution in [0.2, 0.25) is 0 Å². The zero-order valence-corrected chi connectivity index (χ0v) is 8.05. The van der Waals surface area contributed by atoms with Crippen LogP contribution in [0.4, 0.5) is 0 Å². The highest BCUT2D eigenvalue weighted by atomic mass is 16.3. The summed E-state index contributed by atoms with van der Waals surface area (Å²) < 4.78 is 0. The second-order valence-corrected chi connectivity index (χ2v) is 3.92. The van der Waals surface area contributed by atoms with Crippen LogP contribution in [0, 0.1) is 0 Å². The fourth-order valence-corrected chi connectivity index (χ4v) is 1.65. The van der Waals surface area contributed by atoms with Crippen molar-refractivity contribution in [3.8, 4) is 0 Å². The molecule has 1 saturated carbocycles. The Kier molecular flexibility index (Phi) is 3.27. The number of rotatable bonds is 3. The van der Waals surface area contributed by atoms with E-state index in [1.54, 1.807) is 6.92 Å². The zero-order chi connectivity index (χ0) is 9.90. The second kappa shape index (κ2) is 4.07. The molecule has 0 unspecified atom stereocenters. The maximum absolute atomic E-state index is 11.6. The monoisotopic (exact) mass is 186 g/mol. The smallest absolute Gasteiger partial charge is 0.240 e. The minimum atomic E-state index is -0.677. The van der Waals surface area contributed by atoms with Crippen LogP contribution >= 0.6 is 0 Å². The Balaban J connectivity index is 2.46. The first-order chi connectivity index (χ1) is 6.08. The van der Waals surface area contributed by atoms with Crippen molar-refractivity contribution in [2.75, 3.05) is 6.61 Å². The molecule has 13 heavy (non-hydrogen) atoms. The lowest BCUT2D eigenvalue weighted by atomic mass is 9.98. The number of aliphatic hydroxyl groups is 1. The van der Waals surface area contributed by atoms with Crippen molar-refractivity contribution in [3.05, 3.63) is 0 Å². The molecule has 0 saturated heterocycles. The van der Waals surface area contributed by atoms with Gasteiger partial charge in [0.1, 0.15) is 0 Å². The highest BCUT2D eigenvalue weighted by Crippen LogP contribution is 2.27. The Morgan fingerprint density at radius 3 is 2.62 bits per heavy atom. The molecule has 1 fully saturated rings. The topological polar surface area (TPSA) is 75.3 Å². The summed E-state index contributed by atoms with van der Waals surface area (Å²) in [6.45, 7) is 1.72. The van der Waals surface area contributed by atoms with Gasteiger partial charge in [-0.3, -0.25) is 4.79 Å². The third-order valence-corrected chi connectivity index (χ3v) is 2.60. The van der Waals surface area contributed by atoms with E-state index in [1.165, 1.54) is 0 Å². The molecule has 4 heteroatoms. The van der Waals surface area contributed by atoms with Crippen molar-refractivity contribution in [3.63, 3.8) is 0 Å². The van der Waals surface area contributed by atoms with E-state index < -0.39 is 5.54 Å². The summed E-state index contributed by atoms with van der Waals surface area (Å²) in [4.78, 5) is 11.6. The molecular formula is C9H18N2O2. The molecule has 0 spiro atoms. The minimum absolute atomic E-state index is 0.0399. The van der Waals surface area contributed by atoms with Crippen molar-refractivity contribution in [1.82, 2.24) is 5.32 Å². The molecule has 0 heterocycles. The molecule has 0 aromatic rings. The number of nitrogens with one attached hydrogen (secondary N) is 1. The highest BCUT2D eigenvalue weighted by molar-refractivity contribution is 5.86. The number of amides is 1. The molecule has 0 aliphatic heterocycles. The lowest BCUT2D eigenvalue weighted by molar-refractivity contribution is -0.127. The fourth-order valence-electron chi connectivity index (χ4n) is 1.65. The van der Waals surface area contributed by atoms with Crippen LogP contribution in [0.5, 0.6) is 0 Å². The molecule has 0 bridgehead atoms. The Labute approximate surface area is 78.5 Å². The summed E-state index contributed by atoms with van der Waals surface area (Å²) >= 11 is 0. The van der Waals surface area contributed by atoms with Gasteiger partial charge in [0.2, 0.25) is 5.91 Å². The Hall–Kier alpha value is -0.610. The quantitative estimate of drug-likeness (QED) is 0.569. The van der Waals surface area contributed by atoms with Crippen LogP contribution < -0.4 is 11.1 Å². The zero-order valence-electron chi connectivity index (χ0n) is 8.05. The number of hydrogen-bond donors (Lipinski definition) is 3. The number of nitrogens with two attached hydrogens (primary N) is 1. The standard InChI is InChI=1S/C9H18N2O2/c1-7(6-12)11-8(13)9(10)4-2-3-5-9/h7,12H,2-6,10H2,1H3,(H,11,13)/t7-/m1/s1. The first-order valence-electron chi connectivity index (χ1n) is 4.79. The summed E-state index contributed by atoms with van der Waals surface area (Å²) in [5.41, 5.74) is 5.23. The van der Waals surface area contributed by atoms with Crippen LogP contribution in [0.3, 0.4) is 0 Å². The van der Waals surface area contributed by atoms with E-state index in [9.17, 15) is 4.79 Å². The summed E-state index contributed by atoms with van der Waals surface area (Å²) in [6.07, 6.45) is 3.57. The lowest BCUT2D eigenvalue weighted by Crippen LogP contribution is -2.54. The van der Waals surface area contributed by atoms with Crippen molar-refractivity contribution < 1.29 is 9.90 Å². The lowest BCUT2D eigenvalue weighted by Gasteiger charge is -2.24. The van der Waals surface area contributed by atoms with Gasteiger partial charge in [-0.15, -0.1) is 0 Å². The van der Waals surface area contributed by atoms with Gasteiger partial charge in [-0.25, -0.2) is 0 Å². The Morgan fingerprint density at radius 1 is 1.62 bits per heavy atom. The molecule has 1 amide bonds. The predicted octanol–water partition coefficient (Wildman–Crippen LogP) is -0.245.